The highest BCUT2D eigenvalue weighted by Gasteiger charge is 2.19. The molecule has 0 aliphatic carbocycles. The van der Waals surface area contributed by atoms with E-state index >= 15 is 0 Å². The summed E-state index contributed by atoms with van der Waals surface area (Å²) < 4.78 is 264. The average Bonchev–Trinajstić information content (AvgIpc) is 3.79. The molecular formula is C50H28O. The summed E-state index contributed by atoms with van der Waals surface area (Å²) in [4.78, 5) is 0. The van der Waals surface area contributed by atoms with Gasteiger partial charge in [0.05, 0.1) is 38.4 Å². The van der Waals surface area contributed by atoms with Crippen molar-refractivity contribution in [3.63, 3.8) is 0 Å². The van der Waals surface area contributed by atoms with Crippen LogP contribution >= 0.6 is 0 Å². The van der Waals surface area contributed by atoms with E-state index in [9.17, 15) is 19.2 Å². The molecule has 1 aromatic heterocycles. The van der Waals surface area contributed by atoms with Crippen LogP contribution in [0, 0.1) is 0 Å². The lowest BCUT2D eigenvalue weighted by Gasteiger charge is -2.19. The van der Waals surface area contributed by atoms with Crippen LogP contribution in [-0.2, 0) is 0 Å². The van der Waals surface area contributed by atoms with E-state index in [0.717, 1.165) is 0 Å². The number of furan rings is 1. The predicted molar refractivity (Wildman–Crippen MR) is 217 cm³/mol. The third kappa shape index (κ3) is 3.75. The normalized spacial score (nSPS) is 20.0. The van der Waals surface area contributed by atoms with Crippen molar-refractivity contribution in [3.8, 4) is 33.4 Å². The summed E-state index contributed by atoms with van der Waals surface area (Å²) in [5, 5.41) is -6.46. The third-order valence-electron chi connectivity index (χ3n) is 9.07. The molecule has 234 valence electrons. The molecule has 11 aromatic carbocycles. The van der Waals surface area contributed by atoms with Crippen LogP contribution in [-0.4, -0.2) is 0 Å². The Kier molecular flexibility index (Phi) is 2.33. The van der Waals surface area contributed by atoms with Gasteiger partial charge in [-0.2, -0.15) is 0 Å². The summed E-state index contributed by atoms with van der Waals surface area (Å²) in [6.45, 7) is 0. The molecule has 0 unspecified atom stereocenters. The van der Waals surface area contributed by atoms with E-state index in [1.165, 1.54) is 0 Å². The first kappa shape index (κ1) is 12.0. The monoisotopic (exact) mass is 672 g/mol. The maximum atomic E-state index is 10.4. The van der Waals surface area contributed by atoms with Gasteiger partial charge in [-0.25, -0.2) is 0 Å². The van der Waals surface area contributed by atoms with E-state index in [-0.39, 0.29) is 16.2 Å². The van der Waals surface area contributed by atoms with Gasteiger partial charge < -0.3 is 4.42 Å². The Morgan fingerprint density at radius 3 is 1.45 bits per heavy atom. The molecule has 1 nitrogen and oxygen atoms in total. The van der Waals surface area contributed by atoms with Crippen molar-refractivity contribution < 1.29 is 42.8 Å². The Bertz CT molecular complexity index is 4930. The van der Waals surface area contributed by atoms with Gasteiger partial charge in [0.1, 0.15) is 11.2 Å². The molecule has 0 bridgehead atoms. The van der Waals surface area contributed by atoms with Crippen LogP contribution in [0.5, 0.6) is 0 Å². The summed E-state index contributed by atoms with van der Waals surface area (Å²) in [6.07, 6.45) is 0. The molecule has 1 heteroatoms. The smallest absolute Gasteiger partial charge is 0.136 e. The maximum Gasteiger partial charge on any atom is 0.136 e. The molecule has 0 aliphatic heterocycles. The third-order valence-corrected chi connectivity index (χ3v) is 9.07. The fourth-order valence-corrected chi connectivity index (χ4v) is 6.83. The lowest BCUT2D eigenvalue weighted by Crippen LogP contribution is -1.92. The second kappa shape index (κ2) is 9.94. The van der Waals surface area contributed by atoms with E-state index in [0.29, 0.717) is 0 Å². The minimum atomic E-state index is -1.13. The number of rotatable bonds is 3. The summed E-state index contributed by atoms with van der Waals surface area (Å²) in [6, 6.07) is -24.1. The molecule has 0 spiro atoms. The summed E-state index contributed by atoms with van der Waals surface area (Å²) >= 11 is 0. The molecule has 0 saturated heterocycles. The summed E-state index contributed by atoms with van der Waals surface area (Å²) in [5.74, 6) is 0. The number of benzene rings is 11. The van der Waals surface area contributed by atoms with Gasteiger partial charge in [-0.1, -0.05) is 145 Å². The van der Waals surface area contributed by atoms with Gasteiger partial charge in [-0.3, -0.25) is 0 Å². The summed E-state index contributed by atoms with van der Waals surface area (Å²) in [5.41, 5.74) is -6.27. The quantitative estimate of drug-likeness (QED) is 0.170. The highest BCUT2D eigenvalue weighted by atomic mass is 16.3. The molecule has 0 fully saturated rings. The van der Waals surface area contributed by atoms with Crippen LogP contribution in [0.4, 0.5) is 0 Å². The standard InChI is InChI=1S/C50H28O/c1-2-10-45-40(9-1)41-24-20-36(28-46(41)51-45)38-22-19-35(37-21-15-33-13-11-29-5-3-7-31-17-25-42(37)49(33)47(29)31)27-44(38)39-23-16-34-14-12-30-6-4-8-32-18-26-43(39)50(34)48(30)32/h1-28H/i1D,2D,3D,4D,5D,6D,7D,8D,9D,10D,11D,12D,13D,14D,15D,16D,17D,18D,19D,20D,21D,22D,23D,24D,25D,26D,27D,28D. The Labute approximate surface area is 332 Å². The van der Waals surface area contributed by atoms with E-state index < -0.39 is 273 Å². The van der Waals surface area contributed by atoms with Crippen molar-refractivity contribution in [2.24, 2.45) is 0 Å². The van der Waals surface area contributed by atoms with Crippen LogP contribution < -0.4 is 0 Å². The van der Waals surface area contributed by atoms with Crippen LogP contribution in [0.3, 0.4) is 0 Å². The predicted octanol–water partition coefficient (Wildman–Crippen LogP) is 14.4. The highest BCUT2D eigenvalue weighted by molar-refractivity contribution is 6.27. The number of hydrogen-bond acceptors (Lipinski definition) is 1. The fraction of sp³-hybridized carbons (Fsp3) is 0. The first-order valence-electron chi connectivity index (χ1n) is 29.4. The lowest BCUT2D eigenvalue weighted by atomic mass is 9.85. The van der Waals surface area contributed by atoms with Gasteiger partial charge in [0.15, 0.2) is 0 Å². The number of para-hydroxylation sites is 1. The zero-order chi connectivity index (χ0) is 57.6. The molecular weight excluding hydrogens is 617 g/mol. The van der Waals surface area contributed by atoms with Crippen LogP contribution in [0.2, 0.25) is 0 Å². The van der Waals surface area contributed by atoms with Gasteiger partial charge in [-0.05, 0) is 122 Å². The minimum Gasteiger partial charge on any atom is -0.456 e. The average molecular weight is 673 g/mol. The summed E-state index contributed by atoms with van der Waals surface area (Å²) in [7, 11) is 0. The van der Waals surface area contributed by atoms with Crippen molar-refractivity contribution in [2.75, 3.05) is 0 Å². The van der Waals surface area contributed by atoms with Crippen molar-refractivity contribution in [3.05, 3.63) is 169 Å². The zero-order valence-electron chi connectivity index (χ0n) is 53.4. The van der Waals surface area contributed by atoms with Crippen LogP contribution in [0.1, 0.15) is 38.4 Å². The van der Waals surface area contributed by atoms with Gasteiger partial charge in [0.2, 0.25) is 0 Å². The molecule has 0 atom stereocenters. The Hall–Kier alpha value is -6.70. The minimum absolute atomic E-state index is 0.325. The highest BCUT2D eigenvalue weighted by Crippen LogP contribution is 2.46. The van der Waals surface area contributed by atoms with E-state index in [4.69, 9.17) is 23.6 Å². The molecule has 0 saturated carbocycles. The second-order valence-electron chi connectivity index (χ2n) is 11.8. The first-order valence-corrected chi connectivity index (χ1v) is 15.4. The Balaban J connectivity index is 1.38. The molecule has 0 amide bonds. The van der Waals surface area contributed by atoms with Gasteiger partial charge in [0, 0.05) is 10.8 Å². The topological polar surface area (TPSA) is 13.1 Å². The molecule has 12 rings (SSSR count). The van der Waals surface area contributed by atoms with Crippen LogP contribution in [0.15, 0.2) is 174 Å². The SMILES string of the molecule is [2H]c1c([2H])c(-c2c([2H])c([2H])c3c(oc4c([2H])c([2H])c([2H])c([2H])c43)c2[2H])c(-c2c([2H])c([2H])c3c([2H])c([2H])c4c([2H])c([2H])c([2H])c5c([2H])c([2H])c2c3c45)c([2H])c1-c1c([2H])c([2H])c2c([2H])c([2H])c3c([2H])c([2H])c([2H])c4c([2H])c([2H])c1c2c34. The van der Waals surface area contributed by atoms with Crippen molar-refractivity contribution in [2.45, 2.75) is 0 Å². The zero-order valence-corrected chi connectivity index (χ0v) is 25.4. The van der Waals surface area contributed by atoms with E-state index in [1.807, 2.05) is 0 Å². The largest absolute Gasteiger partial charge is 0.456 e. The van der Waals surface area contributed by atoms with Crippen molar-refractivity contribution in [1.82, 2.24) is 0 Å². The van der Waals surface area contributed by atoms with Crippen LogP contribution in [0.25, 0.3) is 120 Å². The van der Waals surface area contributed by atoms with E-state index in [2.05, 4.69) is 0 Å². The molecule has 0 aliphatic rings. The molecule has 51 heavy (non-hydrogen) atoms. The van der Waals surface area contributed by atoms with Crippen molar-refractivity contribution >= 4 is 86.6 Å². The van der Waals surface area contributed by atoms with Gasteiger partial charge >= 0.3 is 0 Å². The molecule has 0 radical (unpaired) electrons. The fourth-order valence-electron chi connectivity index (χ4n) is 6.83. The van der Waals surface area contributed by atoms with Gasteiger partial charge in [0.25, 0.3) is 0 Å². The first-order chi connectivity index (χ1) is 37.0. The number of fused-ring (bicyclic) bond motifs is 3. The van der Waals surface area contributed by atoms with E-state index in [1.54, 1.807) is 0 Å². The Morgan fingerprint density at radius 2 is 0.765 bits per heavy atom. The van der Waals surface area contributed by atoms with Crippen molar-refractivity contribution in [1.29, 1.82) is 0 Å². The molecule has 0 N–H and O–H groups in total. The second-order valence-corrected chi connectivity index (χ2v) is 11.8. The molecule has 12 aromatic rings. The lowest BCUT2D eigenvalue weighted by molar-refractivity contribution is 0.669. The maximum absolute atomic E-state index is 10.4. The molecule has 1 heterocycles. The number of hydrogen-bond donors (Lipinski definition) is 0. The van der Waals surface area contributed by atoms with Gasteiger partial charge in [-0.15, -0.1) is 0 Å². The Morgan fingerprint density at radius 1 is 0.294 bits per heavy atom.